The van der Waals surface area contributed by atoms with Crippen LogP contribution in [0, 0.1) is 0 Å². The van der Waals surface area contributed by atoms with E-state index in [4.69, 9.17) is 5.73 Å². The van der Waals surface area contributed by atoms with Gasteiger partial charge in [-0.25, -0.2) is 9.97 Å². The largest absolute Gasteiger partial charge is 0.416 e. The monoisotopic (exact) mass is 322 g/mol. The van der Waals surface area contributed by atoms with Crippen LogP contribution in [0.4, 0.5) is 19.1 Å². The second kappa shape index (κ2) is 6.16. The highest BCUT2D eigenvalue weighted by Crippen LogP contribution is 2.35. The van der Waals surface area contributed by atoms with Crippen molar-refractivity contribution in [1.29, 1.82) is 0 Å². The van der Waals surface area contributed by atoms with E-state index >= 15 is 0 Å². The molecular weight excluding hydrogens is 305 g/mol. The number of hydrogen-bond acceptors (Lipinski definition) is 4. The third-order valence-corrected chi connectivity index (χ3v) is 3.98. The van der Waals surface area contributed by atoms with Crippen LogP contribution in [0.3, 0.4) is 0 Å². The predicted octanol–water partition coefficient (Wildman–Crippen LogP) is 3.56. The minimum absolute atomic E-state index is 0.0152. The normalized spacial score (nSPS) is 18.8. The van der Waals surface area contributed by atoms with Crippen molar-refractivity contribution in [3.8, 4) is 11.1 Å². The van der Waals surface area contributed by atoms with Crippen molar-refractivity contribution in [2.24, 2.45) is 0 Å². The van der Waals surface area contributed by atoms with E-state index in [0.29, 0.717) is 16.8 Å². The molecule has 0 radical (unpaired) electrons. The number of nitrogen functional groups attached to an aromatic ring is 1. The van der Waals surface area contributed by atoms with Gasteiger partial charge >= 0.3 is 6.18 Å². The van der Waals surface area contributed by atoms with Crippen LogP contribution in [0.2, 0.25) is 0 Å². The first-order valence-corrected chi connectivity index (χ1v) is 7.48. The Balaban J connectivity index is 2.06. The maximum absolute atomic E-state index is 12.9. The molecule has 7 heteroatoms. The molecule has 1 saturated heterocycles. The highest BCUT2D eigenvalue weighted by Gasteiger charge is 2.31. The Hall–Kier alpha value is -2.15. The van der Waals surface area contributed by atoms with Crippen LogP contribution < -0.4 is 11.1 Å². The standard InChI is InChI=1S/C16H17F3N4/c17-16(18,19)11-5-3-4-10(8-11)12-9-22-15(20)23-14(12)13-6-1-2-7-21-13/h3-5,8-9,13,21H,1-2,6-7H2,(H2,20,22,23)/t13-/m0/s1. The number of halogens is 3. The molecule has 23 heavy (non-hydrogen) atoms. The first-order valence-electron chi connectivity index (χ1n) is 7.48. The number of nitrogens with two attached hydrogens (primary N) is 1. The third kappa shape index (κ3) is 3.44. The van der Waals surface area contributed by atoms with Crippen molar-refractivity contribution in [3.05, 3.63) is 41.7 Å². The summed E-state index contributed by atoms with van der Waals surface area (Å²) in [5, 5.41) is 3.35. The van der Waals surface area contributed by atoms with E-state index in [-0.39, 0.29) is 12.0 Å². The van der Waals surface area contributed by atoms with Crippen molar-refractivity contribution in [2.45, 2.75) is 31.5 Å². The summed E-state index contributed by atoms with van der Waals surface area (Å²) >= 11 is 0. The SMILES string of the molecule is Nc1ncc(-c2cccc(C(F)(F)F)c2)c([C@@H]2CCCCN2)n1. The fraction of sp³-hybridized carbons (Fsp3) is 0.375. The highest BCUT2D eigenvalue weighted by molar-refractivity contribution is 5.67. The predicted molar refractivity (Wildman–Crippen MR) is 81.5 cm³/mol. The number of hydrogen-bond donors (Lipinski definition) is 2. The van der Waals surface area contributed by atoms with E-state index in [0.717, 1.165) is 37.9 Å². The van der Waals surface area contributed by atoms with Crippen molar-refractivity contribution in [1.82, 2.24) is 15.3 Å². The summed E-state index contributed by atoms with van der Waals surface area (Å²) in [6.07, 6.45) is 0.124. The fourth-order valence-corrected chi connectivity index (χ4v) is 2.85. The first kappa shape index (κ1) is 15.7. The molecular formula is C16H17F3N4. The number of benzene rings is 1. The summed E-state index contributed by atoms with van der Waals surface area (Å²) in [4.78, 5) is 8.25. The van der Waals surface area contributed by atoms with Gasteiger partial charge < -0.3 is 11.1 Å². The summed E-state index contributed by atoms with van der Waals surface area (Å²) in [5.74, 6) is 0.128. The second-order valence-corrected chi connectivity index (χ2v) is 5.61. The summed E-state index contributed by atoms with van der Waals surface area (Å²) < 4.78 is 38.8. The molecule has 0 saturated carbocycles. The van der Waals surface area contributed by atoms with E-state index in [1.807, 2.05) is 0 Å². The molecule has 3 N–H and O–H groups in total. The Morgan fingerprint density at radius 1 is 1.22 bits per heavy atom. The molecule has 1 aliphatic heterocycles. The molecule has 3 rings (SSSR count). The lowest BCUT2D eigenvalue weighted by Crippen LogP contribution is -2.28. The number of nitrogens with zero attached hydrogens (tertiary/aromatic N) is 2. The molecule has 1 aromatic heterocycles. The highest BCUT2D eigenvalue weighted by atomic mass is 19.4. The van der Waals surface area contributed by atoms with Gasteiger partial charge in [-0.3, -0.25) is 0 Å². The molecule has 0 aliphatic carbocycles. The summed E-state index contributed by atoms with van der Waals surface area (Å²) in [5.41, 5.74) is 6.69. The molecule has 2 heterocycles. The van der Waals surface area contributed by atoms with E-state index < -0.39 is 11.7 Å². The van der Waals surface area contributed by atoms with Gasteiger partial charge in [0, 0.05) is 11.8 Å². The van der Waals surface area contributed by atoms with Gasteiger partial charge in [-0.15, -0.1) is 0 Å². The van der Waals surface area contributed by atoms with E-state index in [1.54, 1.807) is 6.07 Å². The van der Waals surface area contributed by atoms with Gasteiger partial charge in [-0.1, -0.05) is 18.6 Å². The molecule has 0 bridgehead atoms. The molecule has 2 aromatic rings. The molecule has 4 nitrogen and oxygen atoms in total. The van der Waals surface area contributed by atoms with Crippen LogP contribution in [-0.2, 0) is 6.18 Å². The number of nitrogens with one attached hydrogen (secondary N) is 1. The van der Waals surface area contributed by atoms with Gasteiger partial charge in [0.25, 0.3) is 0 Å². The zero-order valence-corrected chi connectivity index (χ0v) is 12.4. The lowest BCUT2D eigenvalue weighted by atomic mass is 9.95. The Morgan fingerprint density at radius 2 is 2.04 bits per heavy atom. The van der Waals surface area contributed by atoms with Crippen LogP contribution in [-0.4, -0.2) is 16.5 Å². The van der Waals surface area contributed by atoms with Crippen molar-refractivity contribution in [3.63, 3.8) is 0 Å². The summed E-state index contributed by atoms with van der Waals surface area (Å²) in [7, 11) is 0. The maximum Gasteiger partial charge on any atom is 0.416 e. The maximum atomic E-state index is 12.9. The molecule has 1 aliphatic rings. The Labute approximate surface area is 131 Å². The lowest BCUT2D eigenvalue weighted by Gasteiger charge is -2.25. The Bertz CT molecular complexity index is 694. The number of piperidine rings is 1. The smallest absolute Gasteiger partial charge is 0.368 e. The minimum Gasteiger partial charge on any atom is -0.368 e. The van der Waals surface area contributed by atoms with Crippen LogP contribution >= 0.6 is 0 Å². The number of rotatable bonds is 2. The molecule has 1 fully saturated rings. The van der Waals surface area contributed by atoms with Crippen molar-refractivity contribution >= 4 is 5.95 Å². The van der Waals surface area contributed by atoms with Crippen LogP contribution in [0.1, 0.15) is 36.6 Å². The van der Waals surface area contributed by atoms with E-state index in [9.17, 15) is 13.2 Å². The van der Waals surface area contributed by atoms with Crippen LogP contribution in [0.25, 0.3) is 11.1 Å². The van der Waals surface area contributed by atoms with E-state index in [2.05, 4.69) is 15.3 Å². The van der Waals surface area contributed by atoms with Crippen LogP contribution in [0.15, 0.2) is 30.5 Å². The quantitative estimate of drug-likeness (QED) is 0.887. The van der Waals surface area contributed by atoms with Gasteiger partial charge in [-0.2, -0.15) is 13.2 Å². The zero-order valence-electron chi connectivity index (χ0n) is 12.4. The van der Waals surface area contributed by atoms with Crippen molar-refractivity contribution in [2.75, 3.05) is 12.3 Å². The molecule has 0 spiro atoms. The summed E-state index contributed by atoms with van der Waals surface area (Å²) in [6.45, 7) is 0.858. The molecule has 1 atom stereocenters. The van der Waals surface area contributed by atoms with Gasteiger partial charge in [0.1, 0.15) is 0 Å². The topological polar surface area (TPSA) is 63.8 Å². The number of anilines is 1. The molecule has 0 unspecified atom stereocenters. The Kier molecular flexibility index (Phi) is 4.21. The number of aromatic nitrogens is 2. The minimum atomic E-state index is -4.38. The van der Waals surface area contributed by atoms with Gasteiger partial charge in [-0.05, 0) is 37.1 Å². The first-order chi connectivity index (χ1) is 10.9. The average molecular weight is 322 g/mol. The fourth-order valence-electron chi connectivity index (χ4n) is 2.85. The van der Waals surface area contributed by atoms with E-state index in [1.165, 1.54) is 12.3 Å². The zero-order chi connectivity index (χ0) is 16.4. The third-order valence-electron chi connectivity index (χ3n) is 3.98. The number of alkyl halides is 3. The lowest BCUT2D eigenvalue weighted by molar-refractivity contribution is -0.137. The average Bonchev–Trinajstić information content (AvgIpc) is 2.55. The second-order valence-electron chi connectivity index (χ2n) is 5.61. The van der Waals surface area contributed by atoms with Crippen molar-refractivity contribution < 1.29 is 13.2 Å². The molecule has 122 valence electrons. The van der Waals surface area contributed by atoms with Gasteiger partial charge in [0.15, 0.2) is 0 Å². The Morgan fingerprint density at radius 3 is 2.74 bits per heavy atom. The molecule has 1 aromatic carbocycles. The molecule has 0 amide bonds. The summed E-state index contributed by atoms with van der Waals surface area (Å²) in [6, 6.07) is 5.20. The van der Waals surface area contributed by atoms with Gasteiger partial charge in [0.2, 0.25) is 5.95 Å². The van der Waals surface area contributed by atoms with Gasteiger partial charge in [0.05, 0.1) is 17.3 Å². The van der Waals surface area contributed by atoms with Crippen LogP contribution in [0.5, 0.6) is 0 Å².